The molecule has 2 amide bonds. The molecule has 5 rings (SSSR count). The molecule has 1 aromatic carbocycles. The zero-order chi connectivity index (χ0) is 23.5. The van der Waals surface area contributed by atoms with E-state index in [0.29, 0.717) is 13.0 Å². The smallest absolute Gasteiger partial charge is 0.226 e. The molecule has 2 aliphatic heterocycles. The number of nitrogens with zero attached hydrogens (tertiary/aromatic N) is 3. The lowest BCUT2D eigenvalue weighted by Gasteiger charge is -2.33. The number of carbonyl (C=O) groups excluding carboxylic acids is 2. The Balaban J connectivity index is 1.35. The fraction of sp³-hybridized carbons (Fsp3) is 0.593. The number of thiazole rings is 1. The summed E-state index contributed by atoms with van der Waals surface area (Å²) >= 11 is 1.70. The molecule has 0 spiro atoms. The summed E-state index contributed by atoms with van der Waals surface area (Å²) in [6.07, 6.45) is 6.85. The van der Waals surface area contributed by atoms with Crippen LogP contribution in [0.25, 0.3) is 0 Å². The molecular weight excluding hydrogens is 444 g/mol. The van der Waals surface area contributed by atoms with Crippen LogP contribution in [0, 0.1) is 18.8 Å². The summed E-state index contributed by atoms with van der Waals surface area (Å²) in [5.41, 5.74) is 5.61. The highest BCUT2D eigenvalue weighted by Gasteiger charge is 2.45. The van der Waals surface area contributed by atoms with E-state index in [0.717, 1.165) is 64.0 Å². The second-order valence-electron chi connectivity index (χ2n) is 10.2. The van der Waals surface area contributed by atoms with Crippen molar-refractivity contribution in [3.63, 3.8) is 0 Å². The topological polar surface area (TPSA) is 65.5 Å². The molecule has 7 heteroatoms. The third-order valence-electron chi connectivity index (χ3n) is 7.99. The van der Waals surface area contributed by atoms with E-state index in [4.69, 9.17) is 0 Å². The number of fused-ring (bicyclic) bond motifs is 2. The minimum Gasteiger partial charge on any atom is -0.356 e. The highest BCUT2D eigenvalue weighted by Crippen LogP contribution is 2.38. The Hall–Kier alpha value is -2.25. The number of nitrogens with one attached hydrogen (secondary N) is 1. The van der Waals surface area contributed by atoms with E-state index >= 15 is 0 Å². The fourth-order valence-corrected chi connectivity index (χ4v) is 6.81. The largest absolute Gasteiger partial charge is 0.356 e. The molecule has 1 saturated heterocycles. The van der Waals surface area contributed by atoms with Gasteiger partial charge in [0.15, 0.2) is 0 Å². The van der Waals surface area contributed by atoms with E-state index in [1.54, 1.807) is 11.3 Å². The molecule has 2 aromatic rings. The Kier molecular flexibility index (Phi) is 7.30. The van der Waals surface area contributed by atoms with Crippen LogP contribution in [-0.2, 0) is 29.1 Å². The molecule has 0 bridgehead atoms. The molecule has 6 nitrogen and oxygen atoms in total. The van der Waals surface area contributed by atoms with Crippen molar-refractivity contribution in [1.29, 1.82) is 0 Å². The third kappa shape index (κ3) is 5.05. The van der Waals surface area contributed by atoms with Gasteiger partial charge in [0.25, 0.3) is 0 Å². The standard InChI is InChI=1S/C27H36N4O2S/c1-19-25(34-18-29-19)17-30-12-7-3-2-6-11-28-26(32)23-14-22(15-24(23)30)27(33)31-13-10-20-8-4-5-9-21(20)16-31/h4-5,8-9,18,22-24H,2-3,6-7,10-17H2,1H3,(H,28,32)/t22-,23-,24+/m1/s1. The van der Waals surface area contributed by atoms with Crippen LogP contribution in [0.15, 0.2) is 29.8 Å². The second-order valence-corrected chi connectivity index (χ2v) is 11.1. The number of benzene rings is 1. The lowest BCUT2D eigenvalue weighted by molar-refractivity contribution is -0.136. The minimum atomic E-state index is -0.127. The van der Waals surface area contributed by atoms with Crippen molar-refractivity contribution in [3.8, 4) is 0 Å². The van der Waals surface area contributed by atoms with Gasteiger partial charge in [0.05, 0.1) is 17.1 Å². The van der Waals surface area contributed by atoms with E-state index in [9.17, 15) is 9.59 Å². The lowest BCUT2D eigenvalue weighted by Crippen LogP contribution is -2.44. The van der Waals surface area contributed by atoms with Crippen LogP contribution in [0.1, 0.15) is 60.2 Å². The number of aromatic nitrogens is 1. The zero-order valence-electron chi connectivity index (χ0n) is 20.2. The number of carbonyl (C=O) groups is 2. The molecule has 3 aliphatic rings. The van der Waals surface area contributed by atoms with Gasteiger partial charge in [-0.1, -0.05) is 37.1 Å². The maximum absolute atomic E-state index is 13.7. The Morgan fingerprint density at radius 2 is 1.94 bits per heavy atom. The highest BCUT2D eigenvalue weighted by atomic mass is 32.1. The molecule has 3 atom stereocenters. The van der Waals surface area contributed by atoms with Crippen LogP contribution in [0.2, 0.25) is 0 Å². The van der Waals surface area contributed by atoms with Crippen molar-refractivity contribution in [3.05, 3.63) is 51.5 Å². The summed E-state index contributed by atoms with van der Waals surface area (Å²) in [5, 5.41) is 3.19. The molecule has 34 heavy (non-hydrogen) atoms. The second kappa shape index (κ2) is 10.6. The van der Waals surface area contributed by atoms with Crippen molar-refractivity contribution in [2.45, 2.75) is 71.0 Å². The molecule has 1 N–H and O–H groups in total. The van der Waals surface area contributed by atoms with Crippen molar-refractivity contribution < 1.29 is 9.59 Å². The van der Waals surface area contributed by atoms with Gasteiger partial charge in [0.2, 0.25) is 11.8 Å². The molecular formula is C27H36N4O2S. The van der Waals surface area contributed by atoms with Crippen LogP contribution in [0.4, 0.5) is 0 Å². The van der Waals surface area contributed by atoms with Crippen LogP contribution >= 0.6 is 11.3 Å². The predicted octanol–water partition coefficient (Wildman–Crippen LogP) is 3.92. The van der Waals surface area contributed by atoms with Crippen LogP contribution < -0.4 is 5.32 Å². The Labute approximate surface area is 206 Å². The summed E-state index contributed by atoms with van der Waals surface area (Å²) in [6.45, 7) is 6.08. The van der Waals surface area contributed by atoms with Gasteiger partial charge in [-0.05, 0) is 56.7 Å². The summed E-state index contributed by atoms with van der Waals surface area (Å²) < 4.78 is 0. The lowest BCUT2D eigenvalue weighted by atomic mass is 9.97. The van der Waals surface area contributed by atoms with Gasteiger partial charge >= 0.3 is 0 Å². The van der Waals surface area contributed by atoms with Gasteiger partial charge in [-0.3, -0.25) is 14.5 Å². The first-order valence-corrected chi connectivity index (χ1v) is 13.7. The number of rotatable bonds is 3. The molecule has 0 unspecified atom stereocenters. The van der Waals surface area contributed by atoms with Crippen LogP contribution in [0.5, 0.6) is 0 Å². The molecule has 2 fully saturated rings. The summed E-state index contributed by atoms with van der Waals surface area (Å²) in [7, 11) is 0. The average molecular weight is 481 g/mol. The summed E-state index contributed by atoms with van der Waals surface area (Å²) in [5.74, 6) is 0.157. The van der Waals surface area contributed by atoms with E-state index in [-0.39, 0.29) is 29.7 Å². The van der Waals surface area contributed by atoms with Crippen molar-refractivity contribution in [2.75, 3.05) is 19.6 Å². The summed E-state index contributed by atoms with van der Waals surface area (Å²) in [4.78, 5) is 37.2. The number of amides is 2. The Morgan fingerprint density at radius 1 is 1.12 bits per heavy atom. The first-order chi connectivity index (χ1) is 16.6. The van der Waals surface area contributed by atoms with Crippen LogP contribution in [-0.4, -0.2) is 52.3 Å². The van der Waals surface area contributed by atoms with Gasteiger partial charge in [-0.15, -0.1) is 11.3 Å². The summed E-state index contributed by atoms with van der Waals surface area (Å²) in [6, 6.07) is 8.55. The maximum atomic E-state index is 13.7. The van der Waals surface area contributed by atoms with E-state index in [1.165, 1.54) is 22.4 Å². The number of aryl methyl sites for hydroxylation is 1. The predicted molar refractivity (Wildman–Crippen MR) is 134 cm³/mol. The highest BCUT2D eigenvalue weighted by molar-refractivity contribution is 7.09. The zero-order valence-corrected chi connectivity index (χ0v) is 21.0. The fourth-order valence-electron chi connectivity index (χ4n) is 6.01. The normalized spacial score (nSPS) is 26.3. The molecule has 1 aromatic heterocycles. The average Bonchev–Trinajstić information content (AvgIpc) is 3.47. The number of hydrogen-bond donors (Lipinski definition) is 1. The quantitative estimate of drug-likeness (QED) is 0.723. The molecule has 182 valence electrons. The van der Waals surface area contributed by atoms with Crippen molar-refractivity contribution in [1.82, 2.24) is 20.1 Å². The van der Waals surface area contributed by atoms with Crippen molar-refractivity contribution >= 4 is 23.2 Å². The van der Waals surface area contributed by atoms with E-state index < -0.39 is 0 Å². The van der Waals surface area contributed by atoms with Gasteiger partial charge < -0.3 is 10.2 Å². The van der Waals surface area contributed by atoms with E-state index in [2.05, 4.69) is 46.4 Å². The van der Waals surface area contributed by atoms with Gasteiger partial charge in [-0.25, -0.2) is 4.98 Å². The first kappa shape index (κ1) is 23.5. The SMILES string of the molecule is Cc1ncsc1CN1CCCCCCNC(=O)[C@@H]2C[C@@H](C(=O)N3CCc4ccccc4C3)C[C@@H]21. The molecule has 0 radical (unpaired) electrons. The van der Waals surface area contributed by atoms with E-state index in [1.807, 2.05) is 10.4 Å². The Morgan fingerprint density at radius 3 is 2.76 bits per heavy atom. The maximum Gasteiger partial charge on any atom is 0.226 e. The number of hydrogen-bond acceptors (Lipinski definition) is 5. The molecule has 3 heterocycles. The third-order valence-corrected chi connectivity index (χ3v) is 8.91. The van der Waals surface area contributed by atoms with Gasteiger partial charge in [-0.2, -0.15) is 0 Å². The molecule has 1 aliphatic carbocycles. The van der Waals surface area contributed by atoms with Gasteiger partial charge in [0.1, 0.15) is 0 Å². The first-order valence-electron chi connectivity index (χ1n) is 12.9. The van der Waals surface area contributed by atoms with Crippen LogP contribution in [0.3, 0.4) is 0 Å². The van der Waals surface area contributed by atoms with Crippen molar-refractivity contribution in [2.24, 2.45) is 11.8 Å². The minimum absolute atomic E-state index is 0.0842. The molecule has 1 saturated carbocycles. The van der Waals surface area contributed by atoms with Gasteiger partial charge in [0, 0.05) is 43.0 Å². The monoisotopic (exact) mass is 480 g/mol. The Bertz CT molecular complexity index is 1020.